The third kappa shape index (κ3) is 4.70. The molecule has 2 aromatic heterocycles. The summed E-state index contributed by atoms with van der Waals surface area (Å²) >= 11 is 0. The fourth-order valence-corrected chi connectivity index (χ4v) is 2.46. The molecule has 0 bridgehead atoms. The van der Waals surface area contributed by atoms with Crippen molar-refractivity contribution in [2.45, 2.75) is 13.1 Å². The summed E-state index contributed by atoms with van der Waals surface area (Å²) in [5.74, 6) is -1.02. The number of nitrogens with zero attached hydrogens (tertiary/aromatic N) is 2. The van der Waals surface area contributed by atoms with Gasteiger partial charge in [-0.1, -0.05) is 5.16 Å². The van der Waals surface area contributed by atoms with Gasteiger partial charge in [-0.15, -0.1) is 0 Å². The summed E-state index contributed by atoms with van der Waals surface area (Å²) in [5.41, 5.74) is 1.62. The van der Waals surface area contributed by atoms with Gasteiger partial charge in [0.1, 0.15) is 11.6 Å². The van der Waals surface area contributed by atoms with Crippen molar-refractivity contribution >= 4 is 11.8 Å². The average molecular weight is 384 g/mol. The maximum atomic E-state index is 13.3. The minimum absolute atomic E-state index is 0.120. The van der Waals surface area contributed by atoms with Crippen LogP contribution in [0.2, 0.25) is 0 Å². The van der Waals surface area contributed by atoms with Crippen molar-refractivity contribution in [1.82, 2.24) is 20.8 Å². The highest BCUT2D eigenvalue weighted by Gasteiger charge is 2.13. The smallest absolute Gasteiger partial charge is 0.290 e. The average Bonchev–Trinajstić information content (AvgIpc) is 3.25. The molecule has 0 fully saturated rings. The molecule has 28 heavy (non-hydrogen) atoms. The highest BCUT2D eigenvalue weighted by atomic mass is 19.1. The summed E-state index contributed by atoms with van der Waals surface area (Å²) in [7, 11) is 1.36. The number of halogens is 1. The number of rotatable bonds is 7. The molecule has 9 heteroatoms. The van der Waals surface area contributed by atoms with Gasteiger partial charge in [0.2, 0.25) is 5.76 Å². The van der Waals surface area contributed by atoms with E-state index in [4.69, 9.17) is 9.26 Å². The summed E-state index contributed by atoms with van der Waals surface area (Å²) in [4.78, 5) is 28.4. The summed E-state index contributed by atoms with van der Waals surface area (Å²) in [6.07, 6.45) is 2.97. The highest BCUT2D eigenvalue weighted by molar-refractivity contribution is 5.96. The largest absolute Gasteiger partial charge is 0.496 e. The van der Waals surface area contributed by atoms with Gasteiger partial charge in [-0.05, 0) is 29.8 Å². The Bertz CT molecular complexity index is 976. The van der Waals surface area contributed by atoms with Crippen LogP contribution in [0.15, 0.2) is 53.3 Å². The second-order valence-corrected chi connectivity index (χ2v) is 5.74. The Morgan fingerprint density at radius 1 is 1.07 bits per heavy atom. The monoisotopic (exact) mass is 384 g/mol. The van der Waals surface area contributed by atoms with Crippen LogP contribution in [0.5, 0.6) is 5.75 Å². The van der Waals surface area contributed by atoms with Crippen LogP contribution in [0, 0.1) is 5.82 Å². The molecule has 2 heterocycles. The zero-order valence-corrected chi connectivity index (χ0v) is 14.9. The predicted molar refractivity (Wildman–Crippen MR) is 96.0 cm³/mol. The number of nitrogens with one attached hydrogen (secondary N) is 2. The van der Waals surface area contributed by atoms with Crippen LogP contribution in [0.25, 0.3) is 0 Å². The maximum Gasteiger partial charge on any atom is 0.290 e. The second-order valence-electron chi connectivity index (χ2n) is 5.74. The fraction of sp³-hybridized carbons (Fsp3) is 0.158. The summed E-state index contributed by atoms with van der Waals surface area (Å²) in [5, 5.41) is 8.89. The molecule has 0 saturated carbocycles. The first-order valence-electron chi connectivity index (χ1n) is 8.31. The Hall–Kier alpha value is -3.75. The van der Waals surface area contributed by atoms with Gasteiger partial charge < -0.3 is 19.9 Å². The molecule has 0 aliphatic carbocycles. The Morgan fingerprint density at radius 2 is 1.89 bits per heavy atom. The van der Waals surface area contributed by atoms with E-state index < -0.39 is 11.7 Å². The molecule has 0 atom stereocenters. The van der Waals surface area contributed by atoms with Gasteiger partial charge in [-0.25, -0.2) is 4.39 Å². The van der Waals surface area contributed by atoms with Gasteiger partial charge in [-0.2, -0.15) is 0 Å². The lowest BCUT2D eigenvalue weighted by atomic mass is 10.1. The summed E-state index contributed by atoms with van der Waals surface area (Å²) in [6.45, 7) is 0.415. The Balaban J connectivity index is 1.58. The molecule has 3 rings (SSSR count). The van der Waals surface area contributed by atoms with Gasteiger partial charge in [-0.3, -0.25) is 14.6 Å². The zero-order valence-electron chi connectivity index (χ0n) is 14.9. The van der Waals surface area contributed by atoms with Gasteiger partial charge in [0, 0.05) is 24.9 Å². The number of aromatic nitrogens is 2. The molecular formula is C19H17FN4O4. The number of carbonyl (C=O) groups excluding carboxylic acids is 2. The van der Waals surface area contributed by atoms with Crippen LogP contribution in [0.1, 0.15) is 32.2 Å². The standard InChI is InChI=1S/C19H17FN4O4/c1-27-17-9-13(20)2-3-15(17)18(25)23-11-14-8-12(4-6-21-14)10-22-19(26)16-5-7-24-28-16/h2-9H,10-11H2,1H3,(H,22,26)(H,23,25). The van der Waals surface area contributed by atoms with Crippen molar-refractivity contribution in [2.75, 3.05) is 7.11 Å². The number of amides is 2. The second kappa shape index (κ2) is 8.76. The molecule has 2 amide bonds. The van der Waals surface area contributed by atoms with E-state index in [1.165, 1.54) is 31.5 Å². The van der Waals surface area contributed by atoms with Crippen LogP contribution in [-0.4, -0.2) is 29.1 Å². The van der Waals surface area contributed by atoms with Crippen molar-refractivity contribution in [3.05, 3.63) is 77.2 Å². The van der Waals surface area contributed by atoms with E-state index in [9.17, 15) is 14.0 Å². The lowest BCUT2D eigenvalue weighted by molar-refractivity contribution is 0.0912. The molecule has 0 saturated heterocycles. The van der Waals surface area contributed by atoms with Crippen molar-refractivity contribution < 1.29 is 23.2 Å². The van der Waals surface area contributed by atoms with Crippen molar-refractivity contribution in [2.24, 2.45) is 0 Å². The molecule has 0 unspecified atom stereocenters. The van der Waals surface area contributed by atoms with Gasteiger partial charge >= 0.3 is 0 Å². The number of carbonyl (C=O) groups is 2. The minimum atomic E-state index is -0.491. The van der Waals surface area contributed by atoms with Crippen LogP contribution in [-0.2, 0) is 13.1 Å². The normalized spacial score (nSPS) is 10.4. The van der Waals surface area contributed by atoms with Crippen LogP contribution >= 0.6 is 0 Å². The minimum Gasteiger partial charge on any atom is -0.496 e. The Kier molecular flexibility index (Phi) is 5.95. The van der Waals surface area contributed by atoms with E-state index in [0.717, 1.165) is 11.6 Å². The zero-order chi connectivity index (χ0) is 19.9. The third-order valence-corrected chi connectivity index (χ3v) is 3.83. The van der Waals surface area contributed by atoms with Crippen LogP contribution in [0.4, 0.5) is 4.39 Å². The fourth-order valence-electron chi connectivity index (χ4n) is 2.46. The third-order valence-electron chi connectivity index (χ3n) is 3.83. The molecule has 0 radical (unpaired) electrons. The highest BCUT2D eigenvalue weighted by Crippen LogP contribution is 2.19. The van der Waals surface area contributed by atoms with Crippen LogP contribution < -0.4 is 15.4 Å². The van der Waals surface area contributed by atoms with Gasteiger partial charge in [0.05, 0.1) is 31.1 Å². The van der Waals surface area contributed by atoms with Gasteiger partial charge in [0.25, 0.3) is 11.8 Å². The number of hydrogen-bond acceptors (Lipinski definition) is 6. The number of benzene rings is 1. The molecule has 0 aliphatic heterocycles. The molecule has 0 aliphatic rings. The van der Waals surface area contributed by atoms with Crippen LogP contribution in [0.3, 0.4) is 0 Å². The van der Waals surface area contributed by atoms with Gasteiger partial charge in [0.15, 0.2) is 0 Å². The summed E-state index contributed by atoms with van der Waals surface area (Å²) < 4.78 is 23.1. The van der Waals surface area contributed by atoms with E-state index in [2.05, 4.69) is 20.8 Å². The first kappa shape index (κ1) is 19.0. The maximum absolute atomic E-state index is 13.3. The Morgan fingerprint density at radius 3 is 2.64 bits per heavy atom. The molecular weight excluding hydrogens is 367 g/mol. The molecule has 3 aromatic rings. The first-order valence-corrected chi connectivity index (χ1v) is 8.31. The van der Waals surface area contributed by atoms with E-state index in [-0.39, 0.29) is 36.1 Å². The Labute approximate surface area is 159 Å². The molecule has 8 nitrogen and oxygen atoms in total. The number of ether oxygens (including phenoxy) is 1. The lowest BCUT2D eigenvalue weighted by Crippen LogP contribution is -2.24. The predicted octanol–water partition coefficient (Wildman–Crippen LogP) is 2.08. The molecule has 2 N–H and O–H groups in total. The first-order chi connectivity index (χ1) is 13.6. The summed E-state index contributed by atoms with van der Waals surface area (Å²) in [6, 6.07) is 8.65. The quantitative estimate of drug-likeness (QED) is 0.646. The number of hydrogen-bond donors (Lipinski definition) is 2. The van der Waals surface area contributed by atoms with E-state index >= 15 is 0 Å². The van der Waals surface area contributed by atoms with E-state index in [0.29, 0.717) is 5.69 Å². The van der Waals surface area contributed by atoms with E-state index in [1.54, 1.807) is 18.3 Å². The van der Waals surface area contributed by atoms with Crippen molar-refractivity contribution in [3.63, 3.8) is 0 Å². The molecule has 1 aromatic carbocycles. The topological polar surface area (TPSA) is 106 Å². The van der Waals surface area contributed by atoms with Crippen molar-refractivity contribution in [3.8, 4) is 5.75 Å². The SMILES string of the molecule is COc1cc(F)ccc1C(=O)NCc1cc(CNC(=O)c2ccno2)ccn1. The van der Waals surface area contributed by atoms with E-state index in [1.807, 2.05) is 0 Å². The lowest BCUT2D eigenvalue weighted by Gasteiger charge is -2.10. The number of methoxy groups -OCH3 is 1. The van der Waals surface area contributed by atoms with Crippen molar-refractivity contribution in [1.29, 1.82) is 0 Å². The molecule has 144 valence electrons. The molecule has 0 spiro atoms. The number of pyridine rings is 1.